The van der Waals surface area contributed by atoms with Crippen molar-refractivity contribution in [1.82, 2.24) is 19.8 Å². The molecule has 0 aliphatic heterocycles. The van der Waals surface area contributed by atoms with Gasteiger partial charge in [-0.05, 0) is 82.1 Å². The first-order valence-corrected chi connectivity index (χ1v) is 16.4. The summed E-state index contributed by atoms with van der Waals surface area (Å²) in [5, 5.41) is 5.11. The molecule has 4 rings (SSSR count). The molecule has 0 unspecified atom stereocenters. The largest absolute Gasteiger partial charge is 0.347 e. The van der Waals surface area contributed by atoms with E-state index in [2.05, 4.69) is 10.6 Å². The Kier molecular flexibility index (Phi) is 10.4. The zero-order valence-corrected chi connectivity index (χ0v) is 28.4. The summed E-state index contributed by atoms with van der Waals surface area (Å²) in [5.74, 6) is -4.08. The summed E-state index contributed by atoms with van der Waals surface area (Å²) in [6.45, 7) is 6.92. The van der Waals surface area contributed by atoms with Crippen LogP contribution in [0, 0.1) is 18.6 Å². The third-order valence-electron chi connectivity index (χ3n) is 7.31. The van der Waals surface area contributed by atoms with E-state index in [4.69, 9.17) is 0 Å². The van der Waals surface area contributed by atoms with Crippen LogP contribution in [0.3, 0.4) is 0 Å². The number of amides is 2. The van der Waals surface area contributed by atoms with Gasteiger partial charge < -0.3 is 20.0 Å². The number of benzene rings is 3. The summed E-state index contributed by atoms with van der Waals surface area (Å²) >= 11 is 0. The number of nitrogens with one attached hydrogen (secondary N) is 3. The zero-order chi connectivity index (χ0) is 36.4. The molecular formula is C33H34BF2N5O7S. The maximum absolute atomic E-state index is 15.1. The van der Waals surface area contributed by atoms with E-state index in [-0.39, 0.29) is 22.6 Å². The summed E-state index contributed by atoms with van der Waals surface area (Å²) in [7, 11) is -1.72. The van der Waals surface area contributed by atoms with Gasteiger partial charge in [-0.25, -0.2) is 26.6 Å². The second-order valence-corrected chi connectivity index (χ2v) is 14.2. The molecule has 0 saturated carbocycles. The van der Waals surface area contributed by atoms with E-state index in [9.17, 15) is 32.4 Å². The minimum Gasteiger partial charge on any atom is -0.347 e. The summed E-state index contributed by atoms with van der Waals surface area (Å²) in [6, 6.07) is 10.8. The molecule has 1 heterocycles. The van der Waals surface area contributed by atoms with Crippen molar-refractivity contribution in [2.75, 3.05) is 4.72 Å². The van der Waals surface area contributed by atoms with Crippen molar-refractivity contribution in [3.63, 3.8) is 0 Å². The second-order valence-electron chi connectivity index (χ2n) is 12.5. The van der Waals surface area contributed by atoms with Gasteiger partial charge in [-0.3, -0.25) is 19.1 Å². The average Bonchev–Trinajstić information content (AvgIpc) is 3.01. The number of sulfonamides is 1. The van der Waals surface area contributed by atoms with Crippen molar-refractivity contribution in [3.05, 3.63) is 122 Å². The number of carbonyl (C=O) groups is 3. The van der Waals surface area contributed by atoms with E-state index in [1.165, 1.54) is 49.9 Å². The van der Waals surface area contributed by atoms with Crippen molar-refractivity contribution >= 4 is 41.1 Å². The fourth-order valence-corrected chi connectivity index (χ4v) is 5.86. The Balaban J connectivity index is 1.48. The number of carbonyl (C=O) groups excluding carboxylic acids is 3. The lowest BCUT2D eigenvalue weighted by Crippen LogP contribution is -2.43. The second kappa shape index (κ2) is 14.0. The van der Waals surface area contributed by atoms with E-state index in [1.807, 2.05) is 4.72 Å². The molecule has 0 saturated heterocycles. The molecule has 4 aromatic rings. The van der Waals surface area contributed by atoms with Crippen LogP contribution in [0.1, 0.15) is 52.6 Å². The minimum absolute atomic E-state index is 0.0548. The minimum atomic E-state index is -4.43. The van der Waals surface area contributed by atoms with Crippen molar-refractivity contribution in [3.8, 4) is 5.69 Å². The Bertz CT molecular complexity index is 2140. The summed E-state index contributed by atoms with van der Waals surface area (Å²) < 4.78 is 60.2. The highest BCUT2D eigenvalue weighted by atomic mass is 32.2. The molecule has 12 nitrogen and oxygen atoms in total. The SMILES string of the molecule is BC(=O)[C@H](Cc1ccc(-n2c(=O)c(C)cn(C)c2=O)cc1)NC(=O)c1cc(F)c(NS(=O)(=O)c2ccc(C(=O)NC(C)(C)C)cc2)cc1F. The average molecular weight is 694 g/mol. The Morgan fingerprint density at radius 2 is 1.53 bits per heavy atom. The summed E-state index contributed by atoms with van der Waals surface area (Å²) in [4.78, 5) is 62.5. The normalized spacial score (nSPS) is 12.2. The summed E-state index contributed by atoms with van der Waals surface area (Å²) in [6.07, 6.45) is 1.37. The Morgan fingerprint density at radius 3 is 2.10 bits per heavy atom. The van der Waals surface area contributed by atoms with Crippen LogP contribution in [-0.4, -0.2) is 54.5 Å². The van der Waals surface area contributed by atoms with E-state index >= 15 is 8.78 Å². The molecule has 0 bridgehead atoms. The standard InChI is InChI=1S/C33H34BF2N5O7S/c1-18-17-40(5)32(46)41(31(18)45)21-10-6-19(7-11-21)14-27(28(34)42)37-30(44)23-15-25(36)26(16-24(23)35)39-49(47,48)22-12-8-20(9-13-22)29(43)38-33(2,3)4/h6-13,15-17,27,39H,14,34H2,1-5H3,(H,37,44)(H,38,43)/t27-/m0/s1. The Hall–Kier alpha value is -5.38. The molecule has 1 atom stereocenters. The van der Waals surface area contributed by atoms with E-state index in [0.717, 1.165) is 16.7 Å². The predicted molar refractivity (Wildman–Crippen MR) is 181 cm³/mol. The van der Waals surface area contributed by atoms with Gasteiger partial charge in [0.05, 0.1) is 27.9 Å². The zero-order valence-electron chi connectivity index (χ0n) is 27.6. The summed E-state index contributed by atoms with van der Waals surface area (Å²) in [5.41, 5.74) is -2.25. The molecule has 0 aliphatic rings. The van der Waals surface area contributed by atoms with Crippen LogP contribution in [0.4, 0.5) is 14.5 Å². The van der Waals surface area contributed by atoms with E-state index in [0.29, 0.717) is 23.3 Å². The van der Waals surface area contributed by atoms with Gasteiger partial charge in [0.25, 0.3) is 27.4 Å². The van der Waals surface area contributed by atoms with Gasteiger partial charge in [0, 0.05) is 36.0 Å². The van der Waals surface area contributed by atoms with Gasteiger partial charge in [0.1, 0.15) is 17.3 Å². The van der Waals surface area contributed by atoms with Crippen LogP contribution < -0.4 is 26.6 Å². The number of aromatic nitrogens is 2. The van der Waals surface area contributed by atoms with Crippen LogP contribution in [0.2, 0.25) is 0 Å². The van der Waals surface area contributed by atoms with Crippen LogP contribution in [0.5, 0.6) is 0 Å². The molecule has 0 aliphatic carbocycles. The lowest BCUT2D eigenvalue weighted by atomic mass is 9.90. The van der Waals surface area contributed by atoms with Crippen LogP contribution in [0.25, 0.3) is 5.69 Å². The molecule has 49 heavy (non-hydrogen) atoms. The number of halogens is 2. The lowest BCUT2D eigenvalue weighted by molar-refractivity contribution is -0.113. The van der Waals surface area contributed by atoms with Gasteiger partial charge in [-0.15, -0.1) is 0 Å². The maximum atomic E-state index is 15.1. The fraction of sp³-hybridized carbons (Fsp3) is 0.242. The molecule has 3 aromatic carbocycles. The number of anilines is 1. The highest BCUT2D eigenvalue weighted by molar-refractivity contribution is 7.92. The third kappa shape index (κ3) is 8.57. The molecule has 0 spiro atoms. The molecule has 3 N–H and O–H groups in total. The topological polar surface area (TPSA) is 165 Å². The Labute approximate surface area is 281 Å². The molecule has 2 amide bonds. The number of aryl methyl sites for hydroxylation is 2. The molecule has 16 heteroatoms. The smallest absolute Gasteiger partial charge is 0.335 e. The van der Waals surface area contributed by atoms with E-state index in [1.54, 1.807) is 39.8 Å². The van der Waals surface area contributed by atoms with Crippen molar-refractivity contribution in [1.29, 1.82) is 0 Å². The highest BCUT2D eigenvalue weighted by Gasteiger charge is 2.25. The fourth-order valence-electron chi connectivity index (χ4n) is 4.80. The first-order valence-electron chi connectivity index (χ1n) is 14.9. The lowest BCUT2D eigenvalue weighted by Gasteiger charge is -2.20. The number of hydrogen-bond donors (Lipinski definition) is 3. The van der Waals surface area contributed by atoms with Gasteiger partial charge >= 0.3 is 5.69 Å². The predicted octanol–water partition coefficient (Wildman–Crippen LogP) is 1.95. The monoisotopic (exact) mass is 693 g/mol. The molecule has 256 valence electrons. The highest BCUT2D eigenvalue weighted by Crippen LogP contribution is 2.24. The molecule has 0 radical (unpaired) electrons. The quantitative estimate of drug-likeness (QED) is 0.214. The number of hydrogen-bond acceptors (Lipinski definition) is 7. The first-order chi connectivity index (χ1) is 22.8. The van der Waals surface area contributed by atoms with Crippen molar-refractivity contribution in [2.45, 2.75) is 50.6 Å². The Morgan fingerprint density at radius 1 is 0.918 bits per heavy atom. The molecular weight excluding hydrogens is 659 g/mol. The van der Waals surface area contributed by atoms with E-state index < -0.39 is 73.2 Å². The van der Waals surface area contributed by atoms with Crippen molar-refractivity contribution < 1.29 is 31.6 Å². The van der Waals surface area contributed by atoms with Gasteiger partial charge in [-0.1, -0.05) is 12.1 Å². The molecule has 0 fully saturated rings. The van der Waals surface area contributed by atoms with Crippen molar-refractivity contribution in [2.24, 2.45) is 7.05 Å². The first kappa shape index (κ1) is 36.5. The maximum Gasteiger partial charge on any atom is 0.335 e. The number of rotatable bonds is 10. The molecule has 1 aromatic heterocycles. The van der Waals surface area contributed by atoms with Gasteiger partial charge in [-0.2, -0.15) is 0 Å². The number of nitrogens with zero attached hydrogens (tertiary/aromatic N) is 2. The van der Waals surface area contributed by atoms with Crippen LogP contribution in [-0.2, 0) is 28.3 Å². The van der Waals surface area contributed by atoms with Crippen LogP contribution >= 0.6 is 0 Å². The van der Waals surface area contributed by atoms with Crippen LogP contribution in [0.15, 0.2) is 81.3 Å². The van der Waals surface area contributed by atoms with Gasteiger partial charge in [0.15, 0.2) is 7.85 Å². The van der Waals surface area contributed by atoms with Gasteiger partial charge in [0.2, 0.25) is 0 Å². The third-order valence-corrected chi connectivity index (χ3v) is 8.69.